The van der Waals surface area contributed by atoms with Gasteiger partial charge in [-0.05, 0) is 61.3 Å². The molecule has 0 aliphatic rings. The van der Waals surface area contributed by atoms with Gasteiger partial charge in [0.05, 0.1) is 30.7 Å². The molecule has 3 aromatic rings. The maximum Gasteiger partial charge on any atom is 0.258 e. The number of amides is 4. The standard InChI is InChI=1S/C39H57N7O6/c1-7-27(6)36(39(51)42-22-29-13-11-12-16-41-29)46-37(49)28(17-25(2)3)19-34(47)32(18-26(4)5)45-38(50)33(20-30-21-40-24-43-30)44-35(48)23-52-31-14-9-8-10-15-31/h8-16,21,24-28,32-34,36,47H,7,17-20,22-23H2,1-6H3,(H,40,43)(H,42,51)(H,44,48)(H,45,50)(H,46,49)/t27-,28+,32-,33-,34-,36-/m0/s1. The minimum absolute atomic E-state index is 0.0625. The van der Waals surface area contributed by atoms with Crippen molar-refractivity contribution in [2.24, 2.45) is 23.7 Å². The van der Waals surface area contributed by atoms with Gasteiger partial charge in [-0.25, -0.2) is 4.98 Å². The molecule has 0 bridgehead atoms. The Hall–Kier alpha value is -4.78. The van der Waals surface area contributed by atoms with Crippen molar-refractivity contribution in [2.75, 3.05) is 6.61 Å². The Morgan fingerprint density at radius 2 is 1.56 bits per heavy atom. The number of benzene rings is 1. The van der Waals surface area contributed by atoms with Crippen molar-refractivity contribution in [3.63, 3.8) is 0 Å². The first-order valence-corrected chi connectivity index (χ1v) is 18.3. The van der Waals surface area contributed by atoms with Crippen LogP contribution < -0.4 is 26.0 Å². The molecule has 2 heterocycles. The Bertz CT molecular complexity index is 1500. The summed E-state index contributed by atoms with van der Waals surface area (Å²) in [7, 11) is 0. The number of aliphatic hydroxyl groups excluding tert-OH is 1. The molecule has 284 valence electrons. The number of nitrogens with one attached hydrogen (secondary N) is 5. The van der Waals surface area contributed by atoms with Gasteiger partial charge in [-0.1, -0.05) is 72.2 Å². The zero-order chi connectivity index (χ0) is 38.0. The Balaban J connectivity index is 1.73. The highest BCUT2D eigenvalue weighted by Gasteiger charge is 2.34. The third kappa shape index (κ3) is 14.5. The van der Waals surface area contributed by atoms with Crippen LogP contribution in [0.5, 0.6) is 5.75 Å². The third-order valence-corrected chi connectivity index (χ3v) is 8.88. The van der Waals surface area contributed by atoms with Gasteiger partial charge < -0.3 is 36.1 Å². The van der Waals surface area contributed by atoms with Crippen LogP contribution in [0.2, 0.25) is 0 Å². The number of hydrogen-bond acceptors (Lipinski definition) is 8. The van der Waals surface area contributed by atoms with E-state index in [9.17, 15) is 24.3 Å². The van der Waals surface area contributed by atoms with Gasteiger partial charge in [0.25, 0.3) is 5.91 Å². The number of rotatable bonds is 22. The van der Waals surface area contributed by atoms with E-state index in [1.54, 1.807) is 42.7 Å². The zero-order valence-electron chi connectivity index (χ0n) is 31.3. The first kappa shape index (κ1) is 41.6. The minimum atomic E-state index is -1.09. The molecule has 0 aliphatic heterocycles. The van der Waals surface area contributed by atoms with Crippen LogP contribution in [0, 0.1) is 23.7 Å². The molecule has 0 saturated carbocycles. The van der Waals surface area contributed by atoms with Crippen LogP contribution >= 0.6 is 0 Å². The number of carbonyl (C=O) groups excluding carboxylic acids is 4. The summed E-state index contributed by atoms with van der Waals surface area (Å²) in [6.45, 7) is 11.8. The summed E-state index contributed by atoms with van der Waals surface area (Å²) in [5.41, 5.74) is 1.34. The molecule has 0 saturated heterocycles. The summed E-state index contributed by atoms with van der Waals surface area (Å²) in [5.74, 6) is -1.66. The van der Waals surface area contributed by atoms with E-state index in [4.69, 9.17) is 4.74 Å². The van der Waals surface area contributed by atoms with E-state index >= 15 is 0 Å². The normalized spacial score (nSPS) is 14.8. The first-order chi connectivity index (χ1) is 24.9. The fourth-order valence-corrected chi connectivity index (χ4v) is 5.93. The monoisotopic (exact) mass is 719 g/mol. The van der Waals surface area contributed by atoms with Gasteiger partial charge in [-0.15, -0.1) is 0 Å². The van der Waals surface area contributed by atoms with Gasteiger partial charge in [0.15, 0.2) is 6.61 Å². The third-order valence-electron chi connectivity index (χ3n) is 8.88. The Kier molecular flexibility index (Phi) is 17.3. The van der Waals surface area contributed by atoms with Crippen molar-refractivity contribution in [3.05, 3.63) is 78.6 Å². The summed E-state index contributed by atoms with van der Waals surface area (Å²) >= 11 is 0. The van der Waals surface area contributed by atoms with Gasteiger partial charge >= 0.3 is 0 Å². The van der Waals surface area contributed by atoms with Crippen molar-refractivity contribution in [3.8, 4) is 5.75 Å². The number of pyridine rings is 1. The number of nitrogens with zero attached hydrogens (tertiary/aromatic N) is 2. The summed E-state index contributed by atoms with van der Waals surface area (Å²) in [5, 5.41) is 23.3. The molecule has 0 spiro atoms. The SMILES string of the molecule is CC[C@H](C)[C@H](NC(=O)[C@H](CC(C)C)C[C@H](O)[C@H](CC(C)C)NC(=O)[C@H](Cc1cnc[nH]1)NC(=O)COc1ccccc1)C(=O)NCc1ccccn1. The number of H-pyrrole nitrogens is 1. The molecule has 2 aromatic heterocycles. The Labute approximate surface area is 307 Å². The largest absolute Gasteiger partial charge is 0.484 e. The van der Waals surface area contributed by atoms with Crippen LogP contribution in [0.4, 0.5) is 0 Å². The van der Waals surface area contributed by atoms with Crippen LogP contribution in [0.15, 0.2) is 67.3 Å². The molecular formula is C39H57N7O6. The smallest absolute Gasteiger partial charge is 0.258 e. The van der Waals surface area contributed by atoms with E-state index in [-0.39, 0.29) is 55.6 Å². The van der Waals surface area contributed by atoms with Gasteiger partial charge in [0.2, 0.25) is 17.7 Å². The predicted molar refractivity (Wildman–Crippen MR) is 199 cm³/mol. The van der Waals surface area contributed by atoms with E-state index in [0.717, 1.165) is 0 Å². The number of imidazole rings is 1. The molecule has 0 fully saturated rings. The molecule has 6 N–H and O–H groups in total. The average Bonchev–Trinajstić information content (AvgIpc) is 3.64. The minimum Gasteiger partial charge on any atom is -0.484 e. The fourth-order valence-electron chi connectivity index (χ4n) is 5.93. The average molecular weight is 720 g/mol. The first-order valence-electron chi connectivity index (χ1n) is 18.3. The highest BCUT2D eigenvalue weighted by atomic mass is 16.5. The number of para-hydroxylation sites is 1. The molecule has 13 nitrogen and oxygen atoms in total. The second-order valence-corrected chi connectivity index (χ2v) is 14.3. The van der Waals surface area contributed by atoms with Gasteiger partial charge in [0, 0.05) is 30.4 Å². The van der Waals surface area contributed by atoms with Crippen LogP contribution in [0.3, 0.4) is 0 Å². The molecule has 0 radical (unpaired) electrons. The lowest BCUT2D eigenvalue weighted by atomic mass is 9.86. The topological polar surface area (TPSA) is 187 Å². The van der Waals surface area contributed by atoms with Crippen LogP contribution in [0.25, 0.3) is 0 Å². The van der Waals surface area contributed by atoms with Crippen LogP contribution in [-0.4, -0.2) is 74.5 Å². The number of aromatic nitrogens is 3. The molecule has 4 amide bonds. The van der Waals surface area contributed by atoms with E-state index in [1.807, 2.05) is 59.7 Å². The van der Waals surface area contributed by atoms with Gasteiger partial charge in [-0.3, -0.25) is 24.2 Å². The summed E-state index contributed by atoms with van der Waals surface area (Å²) in [4.78, 5) is 65.3. The summed E-state index contributed by atoms with van der Waals surface area (Å²) in [6.07, 6.45) is 5.38. The van der Waals surface area contributed by atoms with Gasteiger partial charge in [0.1, 0.15) is 17.8 Å². The lowest BCUT2D eigenvalue weighted by molar-refractivity contribution is -0.133. The lowest BCUT2D eigenvalue weighted by Crippen LogP contribution is -2.55. The second-order valence-electron chi connectivity index (χ2n) is 14.3. The van der Waals surface area contributed by atoms with E-state index in [1.165, 1.54) is 6.33 Å². The molecule has 3 rings (SSSR count). The molecule has 1 aromatic carbocycles. The van der Waals surface area contributed by atoms with E-state index in [0.29, 0.717) is 36.4 Å². The predicted octanol–water partition coefficient (Wildman–Crippen LogP) is 3.70. The molecule has 6 atom stereocenters. The Morgan fingerprint density at radius 1 is 0.846 bits per heavy atom. The second kappa shape index (κ2) is 21.6. The van der Waals surface area contributed by atoms with Crippen LogP contribution in [-0.2, 0) is 32.1 Å². The number of hydrogen-bond donors (Lipinski definition) is 6. The molecule has 13 heteroatoms. The quantitative estimate of drug-likeness (QED) is 0.0907. The van der Waals surface area contributed by atoms with Gasteiger partial charge in [-0.2, -0.15) is 0 Å². The molecule has 0 aliphatic carbocycles. The maximum absolute atomic E-state index is 13.9. The lowest BCUT2D eigenvalue weighted by Gasteiger charge is -2.31. The number of carbonyl (C=O) groups is 4. The number of aromatic amines is 1. The fraction of sp³-hybridized carbons (Fsp3) is 0.538. The van der Waals surface area contributed by atoms with Crippen molar-refractivity contribution >= 4 is 23.6 Å². The molecule has 0 unspecified atom stereocenters. The number of aliphatic hydroxyl groups is 1. The van der Waals surface area contributed by atoms with Crippen molar-refractivity contribution < 1.29 is 29.0 Å². The van der Waals surface area contributed by atoms with E-state index in [2.05, 4.69) is 36.2 Å². The summed E-state index contributed by atoms with van der Waals surface area (Å²) in [6, 6.07) is 11.9. The highest BCUT2D eigenvalue weighted by molar-refractivity contribution is 5.89. The molecular weight excluding hydrogens is 662 g/mol. The zero-order valence-corrected chi connectivity index (χ0v) is 31.3. The van der Waals surface area contributed by atoms with Crippen molar-refractivity contribution in [2.45, 2.75) is 104 Å². The summed E-state index contributed by atoms with van der Waals surface area (Å²) < 4.78 is 5.58. The van der Waals surface area contributed by atoms with Crippen LogP contribution in [0.1, 0.15) is 78.6 Å². The molecule has 52 heavy (non-hydrogen) atoms. The van der Waals surface area contributed by atoms with Crippen molar-refractivity contribution in [1.29, 1.82) is 0 Å². The highest BCUT2D eigenvalue weighted by Crippen LogP contribution is 2.23. The van der Waals surface area contributed by atoms with Crippen molar-refractivity contribution in [1.82, 2.24) is 36.2 Å². The maximum atomic E-state index is 13.9. The Morgan fingerprint density at radius 3 is 2.17 bits per heavy atom. The number of ether oxygens (including phenoxy) is 1. The van der Waals surface area contributed by atoms with E-state index < -0.39 is 42.0 Å².